The molecule has 1 atom stereocenters. The van der Waals surface area contributed by atoms with E-state index in [1.807, 2.05) is 12.1 Å². The Bertz CT molecular complexity index is 479. The van der Waals surface area contributed by atoms with Crippen molar-refractivity contribution in [3.05, 3.63) is 24.6 Å². The molecule has 4 nitrogen and oxygen atoms in total. The molecule has 1 fully saturated rings. The van der Waals surface area contributed by atoms with E-state index in [9.17, 15) is 0 Å². The van der Waals surface area contributed by atoms with Crippen LogP contribution in [0, 0.1) is 0 Å². The lowest BCUT2D eigenvalue weighted by Crippen LogP contribution is -2.26. The summed E-state index contributed by atoms with van der Waals surface area (Å²) in [6, 6.07) is 6.28. The Morgan fingerprint density at radius 3 is 3.20 bits per heavy atom. The first-order valence-electron chi connectivity index (χ1n) is 5.17. The fourth-order valence-electron chi connectivity index (χ4n) is 2.13. The normalized spacial score (nSPS) is 21.4. The minimum absolute atomic E-state index is 0.284. The summed E-state index contributed by atoms with van der Waals surface area (Å²) in [6.07, 6.45) is 2.54. The van der Waals surface area contributed by atoms with Crippen molar-refractivity contribution in [2.75, 3.05) is 18.0 Å². The van der Waals surface area contributed by atoms with Crippen LogP contribution in [0.5, 0.6) is 0 Å². The number of fused-ring (bicyclic) bond motifs is 1. The maximum absolute atomic E-state index is 5.90. The molecule has 1 saturated heterocycles. The van der Waals surface area contributed by atoms with Crippen LogP contribution in [0.2, 0.25) is 0 Å². The first-order valence-corrected chi connectivity index (χ1v) is 5.17. The van der Waals surface area contributed by atoms with Gasteiger partial charge in [-0.05, 0) is 18.6 Å². The number of aromatic nitrogens is 1. The number of para-hydroxylation sites is 1. The van der Waals surface area contributed by atoms with Gasteiger partial charge in [-0.15, -0.1) is 0 Å². The third-order valence-electron chi connectivity index (χ3n) is 2.90. The lowest BCUT2D eigenvalue weighted by molar-refractivity contribution is 0.602. The van der Waals surface area contributed by atoms with Gasteiger partial charge in [-0.2, -0.15) is 0 Å². The Kier molecular flexibility index (Phi) is 1.89. The van der Waals surface area contributed by atoms with Gasteiger partial charge in [0.25, 0.3) is 0 Å². The summed E-state index contributed by atoms with van der Waals surface area (Å²) in [7, 11) is 0. The number of nitrogens with zero attached hydrogens (tertiary/aromatic N) is 2. The van der Waals surface area contributed by atoms with Gasteiger partial charge in [0, 0.05) is 19.1 Å². The lowest BCUT2D eigenvalue weighted by Gasteiger charge is -2.17. The molecular formula is C11H13N3O. The summed E-state index contributed by atoms with van der Waals surface area (Å²) in [6.45, 7) is 1.92. The van der Waals surface area contributed by atoms with Crippen molar-refractivity contribution >= 4 is 16.8 Å². The van der Waals surface area contributed by atoms with E-state index >= 15 is 0 Å². The molecule has 4 heteroatoms. The Morgan fingerprint density at radius 2 is 2.40 bits per heavy atom. The van der Waals surface area contributed by atoms with E-state index in [2.05, 4.69) is 16.0 Å². The smallest absolute Gasteiger partial charge is 0.182 e. The molecule has 2 aromatic rings. The van der Waals surface area contributed by atoms with Crippen LogP contribution in [0.1, 0.15) is 6.42 Å². The minimum Gasteiger partial charge on any atom is -0.443 e. The van der Waals surface area contributed by atoms with Crippen LogP contribution in [0.3, 0.4) is 0 Å². The molecule has 0 amide bonds. The standard InChI is InChI=1S/C11H13N3O/c12-8-4-5-14(6-8)9-2-1-3-10-11(9)13-7-15-10/h1-3,7-8H,4-6,12H2. The second-order valence-corrected chi connectivity index (χ2v) is 3.97. The van der Waals surface area contributed by atoms with Crippen molar-refractivity contribution in [1.29, 1.82) is 0 Å². The number of benzene rings is 1. The SMILES string of the molecule is NC1CCN(c2cccc3ocnc23)C1. The quantitative estimate of drug-likeness (QED) is 0.760. The molecule has 1 aliphatic heterocycles. The van der Waals surface area contributed by atoms with Crippen LogP contribution in [0.15, 0.2) is 29.0 Å². The van der Waals surface area contributed by atoms with Crippen molar-refractivity contribution in [2.24, 2.45) is 5.73 Å². The maximum Gasteiger partial charge on any atom is 0.182 e. The van der Waals surface area contributed by atoms with Crippen LogP contribution in [0.4, 0.5) is 5.69 Å². The van der Waals surface area contributed by atoms with Crippen molar-refractivity contribution in [3.8, 4) is 0 Å². The fourth-order valence-corrected chi connectivity index (χ4v) is 2.13. The van der Waals surface area contributed by atoms with Gasteiger partial charge in [0.2, 0.25) is 0 Å². The van der Waals surface area contributed by atoms with Crippen LogP contribution in [0.25, 0.3) is 11.1 Å². The number of rotatable bonds is 1. The van der Waals surface area contributed by atoms with Gasteiger partial charge in [-0.1, -0.05) is 6.07 Å². The third-order valence-corrected chi connectivity index (χ3v) is 2.90. The van der Waals surface area contributed by atoms with E-state index in [4.69, 9.17) is 10.2 Å². The molecule has 2 N–H and O–H groups in total. The molecule has 1 aliphatic rings. The Morgan fingerprint density at radius 1 is 1.47 bits per heavy atom. The molecule has 15 heavy (non-hydrogen) atoms. The highest BCUT2D eigenvalue weighted by molar-refractivity contribution is 5.87. The van der Waals surface area contributed by atoms with Crippen molar-refractivity contribution in [3.63, 3.8) is 0 Å². The van der Waals surface area contributed by atoms with Gasteiger partial charge in [-0.25, -0.2) is 4.98 Å². The molecule has 1 aromatic heterocycles. The third kappa shape index (κ3) is 1.37. The Hall–Kier alpha value is -1.55. The summed E-state index contributed by atoms with van der Waals surface area (Å²) in [5.41, 5.74) is 8.81. The summed E-state index contributed by atoms with van der Waals surface area (Å²) in [5, 5.41) is 0. The number of oxazole rings is 1. The number of hydrogen-bond donors (Lipinski definition) is 1. The molecule has 0 saturated carbocycles. The Labute approximate surface area is 87.7 Å². The molecule has 0 radical (unpaired) electrons. The van der Waals surface area contributed by atoms with Gasteiger partial charge in [0.05, 0.1) is 5.69 Å². The van der Waals surface area contributed by atoms with Gasteiger partial charge < -0.3 is 15.1 Å². The van der Waals surface area contributed by atoms with E-state index in [1.54, 1.807) is 0 Å². The average Bonchev–Trinajstić information content (AvgIpc) is 2.84. The minimum atomic E-state index is 0.284. The molecule has 1 unspecified atom stereocenters. The summed E-state index contributed by atoms with van der Waals surface area (Å²) in [5.74, 6) is 0. The zero-order valence-corrected chi connectivity index (χ0v) is 8.39. The molecular weight excluding hydrogens is 190 g/mol. The lowest BCUT2D eigenvalue weighted by atomic mass is 10.2. The molecule has 1 aromatic carbocycles. The Balaban J connectivity index is 2.06. The van der Waals surface area contributed by atoms with E-state index in [0.29, 0.717) is 0 Å². The summed E-state index contributed by atoms with van der Waals surface area (Å²) < 4.78 is 5.28. The van der Waals surface area contributed by atoms with Crippen molar-refractivity contribution < 1.29 is 4.42 Å². The first kappa shape index (κ1) is 8.73. The molecule has 3 rings (SSSR count). The topological polar surface area (TPSA) is 55.3 Å². The first-order chi connectivity index (χ1) is 7.34. The zero-order valence-electron chi connectivity index (χ0n) is 8.39. The predicted molar refractivity (Wildman–Crippen MR) is 58.8 cm³/mol. The van der Waals surface area contributed by atoms with E-state index in [-0.39, 0.29) is 6.04 Å². The van der Waals surface area contributed by atoms with Gasteiger partial charge in [0.15, 0.2) is 12.0 Å². The highest BCUT2D eigenvalue weighted by Crippen LogP contribution is 2.27. The summed E-state index contributed by atoms with van der Waals surface area (Å²) >= 11 is 0. The van der Waals surface area contributed by atoms with Crippen molar-refractivity contribution in [1.82, 2.24) is 4.98 Å². The van der Waals surface area contributed by atoms with Crippen molar-refractivity contribution in [2.45, 2.75) is 12.5 Å². The highest BCUT2D eigenvalue weighted by atomic mass is 16.3. The predicted octanol–water partition coefficient (Wildman–Crippen LogP) is 1.37. The van der Waals surface area contributed by atoms with E-state index < -0.39 is 0 Å². The van der Waals surface area contributed by atoms with Crippen LogP contribution >= 0.6 is 0 Å². The molecule has 0 bridgehead atoms. The second-order valence-electron chi connectivity index (χ2n) is 3.97. The second kappa shape index (κ2) is 3.24. The fraction of sp³-hybridized carbons (Fsp3) is 0.364. The number of nitrogens with two attached hydrogens (primary N) is 1. The molecule has 78 valence electrons. The number of anilines is 1. The van der Waals surface area contributed by atoms with E-state index in [0.717, 1.165) is 36.3 Å². The van der Waals surface area contributed by atoms with Crippen LogP contribution < -0.4 is 10.6 Å². The van der Waals surface area contributed by atoms with E-state index in [1.165, 1.54) is 6.39 Å². The number of hydrogen-bond acceptors (Lipinski definition) is 4. The van der Waals surface area contributed by atoms with Crippen LogP contribution in [-0.4, -0.2) is 24.1 Å². The molecule has 0 aliphatic carbocycles. The van der Waals surface area contributed by atoms with Gasteiger partial charge >= 0.3 is 0 Å². The van der Waals surface area contributed by atoms with Crippen LogP contribution in [-0.2, 0) is 0 Å². The van der Waals surface area contributed by atoms with Gasteiger partial charge in [-0.3, -0.25) is 0 Å². The zero-order chi connectivity index (χ0) is 10.3. The highest BCUT2D eigenvalue weighted by Gasteiger charge is 2.21. The maximum atomic E-state index is 5.90. The summed E-state index contributed by atoms with van der Waals surface area (Å²) in [4.78, 5) is 6.51. The monoisotopic (exact) mass is 203 g/mol. The van der Waals surface area contributed by atoms with Gasteiger partial charge in [0.1, 0.15) is 5.52 Å². The molecule has 2 heterocycles. The molecule has 0 spiro atoms. The average molecular weight is 203 g/mol. The largest absolute Gasteiger partial charge is 0.443 e.